The van der Waals surface area contributed by atoms with E-state index in [-0.39, 0.29) is 17.8 Å². The Morgan fingerprint density at radius 1 is 1.53 bits per heavy atom. The van der Waals surface area contributed by atoms with Crippen LogP contribution >= 0.6 is 15.9 Å². The van der Waals surface area contributed by atoms with Crippen LogP contribution in [0.2, 0.25) is 0 Å². The number of hydrogen-bond acceptors (Lipinski definition) is 2. The highest BCUT2D eigenvalue weighted by Crippen LogP contribution is 2.29. The van der Waals surface area contributed by atoms with Gasteiger partial charge in [-0.05, 0) is 40.0 Å². The van der Waals surface area contributed by atoms with Gasteiger partial charge in [-0.1, -0.05) is 13.0 Å². The number of aliphatic hydroxyl groups excluding tert-OH is 1. The number of nitrogens with two attached hydrogens (primary N) is 1. The molecule has 0 bridgehead atoms. The van der Waals surface area contributed by atoms with Crippen LogP contribution in [0.15, 0.2) is 22.7 Å². The monoisotopic (exact) mass is 275 g/mol. The highest BCUT2D eigenvalue weighted by atomic mass is 79.9. The Balaban J connectivity index is 3.07. The first-order chi connectivity index (χ1) is 7.03. The second kappa shape index (κ2) is 5.05. The lowest BCUT2D eigenvalue weighted by Gasteiger charge is -2.28. The maximum Gasteiger partial charge on any atom is 0.137 e. The molecule has 4 heteroatoms. The summed E-state index contributed by atoms with van der Waals surface area (Å²) in [4.78, 5) is 0. The molecule has 0 radical (unpaired) electrons. The molecule has 1 aromatic carbocycles. The summed E-state index contributed by atoms with van der Waals surface area (Å²) in [6.07, 6.45) is 0.571. The first kappa shape index (κ1) is 12.6. The van der Waals surface area contributed by atoms with Crippen LogP contribution in [0.25, 0.3) is 0 Å². The van der Waals surface area contributed by atoms with Crippen molar-refractivity contribution in [2.24, 2.45) is 5.73 Å². The Labute approximate surface area is 97.4 Å². The Morgan fingerprint density at radius 2 is 2.20 bits per heavy atom. The van der Waals surface area contributed by atoms with Crippen LogP contribution in [0.1, 0.15) is 18.9 Å². The van der Waals surface area contributed by atoms with Gasteiger partial charge in [-0.25, -0.2) is 4.39 Å². The van der Waals surface area contributed by atoms with E-state index in [2.05, 4.69) is 15.9 Å². The summed E-state index contributed by atoms with van der Waals surface area (Å²) >= 11 is 3.14. The van der Waals surface area contributed by atoms with Crippen molar-refractivity contribution in [1.29, 1.82) is 0 Å². The molecule has 1 rings (SSSR count). The molecule has 1 atom stereocenters. The summed E-state index contributed by atoms with van der Waals surface area (Å²) in [5.74, 6) is -0.290. The van der Waals surface area contributed by atoms with Crippen molar-refractivity contribution in [3.8, 4) is 0 Å². The van der Waals surface area contributed by atoms with Crippen molar-refractivity contribution >= 4 is 15.9 Å². The fourth-order valence-electron chi connectivity index (χ4n) is 1.48. The molecular weight excluding hydrogens is 261 g/mol. The molecule has 1 unspecified atom stereocenters. The van der Waals surface area contributed by atoms with E-state index in [9.17, 15) is 4.39 Å². The molecule has 0 aliphatic rings. The predicted octanol–water partition coefficient (Wildman–Crippen LogP) is 2.19. The molecule has 0 saturated heterocycles. The highest BCUT2D eigenvalue weighted by molar-refractivity contribution is 9.10. The van der Waals surface area contributed by atoms with Gasteiger partial charge in [0.1, 0.15) is 5.82 Å². The molecule has 0 saturated carbocycles. The second-order valence-electron chi connectivity index (χ2n) is 3.87. The van der Waals surface area contributed by atoms with E-state index in [1.54, 1.807) is 12.1 Å². The third-order valence-electron chi connectivity index (χ3n) is 2.73. The van der Waals surface area contributed by atoms with Gasteiger partial charge in [-0.2, -0.15) is 0 Å². The fourth-order valence-corrected chi connectivity index (χ4v) is 1.86. The maximum absolute atomic E-state index is 13.0. The summed E-state index contributed by atoms with van der Waals surface area (Å²) < 4.78 is 13.5. The standard InChI is InChI=1S/C11H15BrFNO/c1-11(7-14,4-5-15)8-2-3-10(13)9(12)6-8/h2-3,6,15H,4-5,7,14H2,1H3. The van der Waals surface area contributed by atoms with Gasteiger partial charge in [0.2, 0.25) is 0 Å². The fraction of sp³-hybridized carbons (Fsp3) is 0.455. The summed E-state index contributed by atoms with van der Waals surface area (Å²) in [6, 6.07) is 4.84. The minimum Gasteiger partial charge on any atom is -0.396 e. The third-order valence-corrected chi connectivity index (χ3v) is 3.34. The maximum atomic E-state index is 13.0. The van der Waals surface area contributed by atoms with Gasteiger partial charge in [0.15, 0.2) is 0 Å². The number of halogens is 2. The van der Waals surface area contributed by atoms with Crippen LogP contribution in [-0.2, 0) is 5.41 Å². The van der Waals surface area contributed by atoms with Gasteiger partial charge in [0.05, 0.1) is 4.47 Å². The van der Waals surface area contributed by atoms with E-state index >= 15 is 0 Å². The van der Waals surface area contributed by atoms with E-state index in [0.29, 0.717) is 17.4 Å². The quantitative estimate of drug-likeness (QED) is 0.885. The topological polar surface area (TPSA) is 46.2 Å². The Kier molecular flexibility index (Phi) is 4.25. The largest absolute Gasteiger partial charge is 0.396 e. The van der Waals surface area contributed by atoms with Crippen molar-refractivity contribution in [2.45, 2.75) is 18.8 Å². The van der Waals surface area contributed by atoms with Crippen LogP contribution in [0.3, 0.4) is 0 Å². The summed E-state index contributed by atoms with van der Waals surface area (Å²) in [5.41, 5.74) is 6.33. The molecule has 2 nitrogen and oxygen atoms in total. The number of rotatable bonds is 4. The number of aliphatic hydroxyl groups is 1. The molecule has 0 aliphatic carbocycles. The summed E-state index contributed by atoms with van der Waals surface area (Å²) in [7, 11) is 0. The van der Waals surface area contributed by atoms with Crippen molar-refractivity contribution in [2.75, 3.05) is 13.2 Å². The molecule has 0 spiro atoms. The predicted molar refractivity (Wildman–Crippen MR) is 62.2 cm³/mol. The first-order valence-electron chi connectivity index (χ1n) is 4.80. The molecule has 0 amide bonds. The van der Waals surface area contributed by atoms with Crippen LogP contribution in [0.4, 0.5) is 4.39 Å². The zero-order valence-corrected chi connectivity index (χ0v) is 10.2. The third kappa shape index (κ3) is 2.77. The van der Waals surface area contributed by atoms with Crippen molar-refractivity contribution in [1.82, 2.24) is 0 Å². The van der Waals surface area contributed by atoms with Gasteiger partial charge in [-0.15, -0.1) is 0 Å². The molecule has 0 aliphatic heterocycles. The van der Waals surface area contributed by atoms with Gasteiger partial charge < -0.3 is 10.8 Å². The molecule has 3 N–H and O–H groups in total. The first-order valence-corrected chi connectivity index (χ1v) is 5.59. The average molecular weight is 276 g/mol. The number of benzene rings is 1. The van der Waals surface area contributed by atoms with E-state index in [1.807, 2.05) is 6.92 Å². The van der Waals surface area contributed by atoms with Crippen LogP contribution in [0.5, 0.6) is 0 Å². The van der Waals surface area contributed by atoms with Gasteiger partial charge in [0.25, 0.3) is 0 Å². The van der Waals surface area contributed by atoms with Crippen molar-refractivity contribution in [3.05, 3.63) is 34.1 Å². The average Bonchev–Trinajstić information content (AvgIpc) is 2.22. The molecule has 0 heterocycles. The van der Waals surface area contributed by atoms with E-state index in [4.69, 9.17) is 10.8 Å². The van der Waals surface area contributed by atoms with Crippen LogP contribution in [-0.4, -0.2) is 18.3 Å². The smallest absolute Gasteiger partial charge is 0.137 e. The zero-order chi connectivity index (χ0) is 11.5. The lowest BCUT2D eigenvalue weighted by Crippen LogP contribution is -2.32. The van der Waals surface area contributed by atoms with Gasteiger partial charge in [0, 0.05) is 18.6 Å². The zero-order valence-electron chi connectivity index (χ0n) is 8.63. The van der Waals surface area contributed by atoms with Crippen molar-refractivity contribution < 1.29 is 9.50 Å². The molecule has 84 valence electrons. The molecule has 0 aromatic heterocycles. The Hall–Kier alpha value is -0.450. The van der Waals surface area contributed by atoms with E-state index in [1.165, 1.54) is 6.07 Å². The van der Waals surface area contributed by atoms with Crippen LogP contribution in [0, 0.1) is 5.82 Å². The molecule has 1 aromatic rings. The molecular formula is C11H15BrFNO. The van der Waals surface area contributed by atoms with Crippen LogP contribution < -0.4 is 5.73 Å². The summed E-state index contributed by atoms with van der Waals surface area (Å²) in [6.45, 7) is 2.46. The van der Waals surface area contributed by atoms with Gasteiger partial charge >= 0.3 is 0 Å². The lowest BCUT2D eigenvalue weighted by atomic mass is 9.80. The minimum absolute atomic E-state index is 0.0721. The second-order valence-corrected chi connectivity index (χ2v) is 4.72. The molecule has 15 heavy (non-hydrogen) atoms. The number of hydrogen-bond donors (Lipinski definition) is 2. The highest BCUT2D eigenvalue weighted by Gasteiger charge is 2.24. The minimum atomic E-state index is -0.301. The van der Waals surface area contributed by atoms with E-state index < -0.39 is 0 Å². The Morgan fingerprint density at radius 3 is 2.67 bits per heavy atom. The lowest BCUT2D eigenvalue weighted by molar-refractivity contribution is 0.247. The normalized spacial score (nSPS) is 15.0. The SMILES string of the molecule is CC(CN)(CCO)c1ccc(F)c(Br)c1. The Bertz CT molecular complexity index is 345. The summed E-state index contributed by atoms with van der Waals surface area (Å²) in [5, 5.41) is 8.98. The van der Waals surface area contributed by atoms with E-state index in [0.717, 1.165) is 5.56 Å². The molecule has 0 fully saturated rings. The van der Waals surface area contributed by atoms with Crippen molar-refractivity contribution in [3.63, 3.8) is 0 Å². The van der Waals surface area contributed by atoms with Gasteiger partial charge in [-0.3, -0.25) is 0 Å².